The van der Waals surface area contributed by atoms with Crippen LogP contribution in [0.15, 0.2) is 33.5 Å². The van der Waals surface area contributed by atoms with Gasteiger partial charge in [0.2, 0.25) is 5.56 Å². The van der Waals surface area contributed by atoms with Gasteiger partial charge in [-0.05, 0) is 54.6 Å². The molecule has 2 N–H and O–H groups in total. The summed E-state index contributed by atoms with van der Waals surface area (Å²) in [5.41, 5.74) is 1.74. The third-order valence-corrected chi connectivity index (χ3v) is 3.64. The van der Waals surface area contributed by atoms with Crippen molar-refractivity contribution in [2.75, 3.05) is 0 Å². The number of carbonyl (C=O) groups excluding carboxylic acids is 1. The number of halogens is 1. The van der Waals surface area contributed by atoms with Crippen molar-refractivity contribution in [2.45, 2.75) is 25.3 Å². The summed E-state index contributed by atoms with van der Waals surface area (Å²) in [7, 11) is 0. The molecule has 0 saturated carbocycles. The summed E-state index contributed by atoms with van der Waals surface area (Å²) in [6, 6.07) is 6.20. The molecular weight excluding hydrogens is 280 g/mol. The molecular formula is C14H13ClN2O3. The first-order valence-corrected chi connectivity index (χ1v) is 6.79. The summed E-state index contributed by atoms with van der Waals surface area (Å²) >= 11 is 5.66. The molecule has 0 unspecified atom stereocenters. The van der Waals surface area contributed by atoms with Crippen LogP contribution in [-0.4, -0.2) is 10.9 Å². The Kier molecular flexibility index (Phi) is 3.36. The quantitative estimate of drug-likeness (QED) is 0.892. The van der Waals surface area contributed by atoms with Gasteiger partial charge in [0.1, 0.15) is 0 Å². The second-order valence-electron chi connectivity index (χ2n) is 4.78. The Morgan fingerprint density at radius 3 is 2.95 bits per heavy atom. The second kappa shape index (κ2) is 5.17. The van der Waals surface area contributed by atoms with Crippen LogP contribution in [0.25, 0.3) is 0 Å². The number of aromatic nitrogens is 1. The lowest BCUT2D eigenvalue weighted by molar-refractivity contribution is 0.0904. The van der Waals surface area contributed by atoms with Crippen LogP contribution in [-0.2, 0) is 6.42 Å². The first-order chi connectivity index (χ1) is 9.63. The monoisotopic (exact) mass is 292 g/mol. The summed E-state index contributed by atoms with van der Waals surface area (Å²) in [5, 5.41) is 3.09. The third-order valence-electron chi connectivity index (χ3n) is 3.43. The van der Waals surface area contributed by atoms with E-state index in [1.807, 2.05) is 0 Å². The first kappa shape index (κ1) is 13.0. The molecule has 104 valence electrons. The highest BCUT2D eigenvalue weighted by molar-refractivity contribution is 6.29. The van der Waals surface area contributed by atoms with Crippen molar-refractivity contribution in [1.82, 2.24) is 10.3 Å². The highest BCUT2D eigenvalue weighted by Gasteiger charge is 2.23. The lowest BCUT2D eigenvalue weighted by Gasteiger charge is -2.25. The molecule has 0 saturated heterocycles. The minimum atomic E-state index is -0.305. The fourth-order valence-electron chi connectivity index (χ4n) is 2.52. The molecule has 0 radical (unpaired) electrons. The number of fused-ring (bicyclic) bond motifs is 1. The van der Waals surface area contributed by atoms with E-state index in [-0.39, 0.29) is 28.5 Å². The number of rotatable bonds is 2. The average molecular weight is 293 g/mol. The Hall–Kier alpha value is -2.01. The fraction of sp³-hybridized carbons (Fsp3) is 0.286. The van der Waals surface area contributed by atoms with E-state index in [0.29, 0.717) is 0 Å². The van der Waals surface area contributed by atoms with E-state index >= 15 is 0 Å². The highest BCUT2D eigenvalue weighted by Crippen LogP contribution is 2.28. The van der Waals surface area contributed by atoms with Crippen LogP contribution >= 0.6 is 11.6 Å². The summed E-state index contributed by atoms with van der Waals surface area (Å²) in [5.74, 6) is -0.118. The molecule has 2 heterocycles. The van der Waals surface area contributed by atoms with Gasteiger partial charge in [0, 0.05) is 11.8 Å². The van der Waals surface area contributed by atoms with Gasteiger partial charge in [-0.3, -0.25) is 9.59 Å². The zero-order valence-corrected chi connectivity index (χ0v) is 11.4. The molecule has 2 aromatic rings. The number of H-pyrrole nitrogens is 1. The molecule has 5 nitrogen and oxygen atoms in total. The third kappa shape index (κ3) is 2.49. The largest absolute Gasteiger partial charge is 0.440 e. The van der Waals surface area contributed by atoms with Crippen molar-refractivity contribution in [1.29, 1.82) is 0 Å². The predicted octanol–water partition coefficient (Wildman–Crippen LogP) is 2.43. The molecule has 0 spiro atoms. The molecule has 20 heavy (non-hydrogen) atoms. The molecule has 0 aliphatic heterocycles. The van der Waals surface area contributed by atoms with E-state index in [9.17, 15) is 9.59 Å². The van der Waals surface area contributed by atoms with Gasteiger partial charge < -0.3 is 14.7 Å². The van der Waals surface area contributed by atoms with Gasteiger partial charge >= 0.3 is 0 Å². The van der Waals surface area contributed by atoms with Gasteiger partial charge in [-0.25, -0.2) is 0 Å². The van der Waals surface area contributed by atoms with Crippen LogP contribution in [0.2, 0.25) is 5.22 Å². The first-order valence-electron chi connectivity index (χ1n) is 6.42. The maximum Gasteiger partial charge on any atom is 0.287 e. The Labute approximate surface area is 119 Å². The summed E-state index contributed by atoms with van der Waals surface area (Å²) in [4.78, 5) is 26.2. The Bertz CT molecular complexity index is 704. The van der Waals surface area contributed by atoms with E-state index < -0.39 is 0 Å². The number of nitrogens with one attached hydrogen (secondary N) is 2. The molecule has 0 bridgehead atoms. The van der Waals surface area contributed by atoms with Crippen LogP contribution in [0, 0.1) is 0 Å². The maximum absolute atomic E-state index is 12.1. The molecule has 1 aliphatic rings. The molecule has 2 aromatic heterocycles. The SMILES string of the molecule is O=C(N[C@H]1CCCc2[nH]c(=O)ccc21)c1ccc(Cl)o1. The number of aromatic amines is 1. The molecule has 3 rings (SSSR count). The summed E-state index contributed by atoms with van der Waals surface area (Å²) in [6.07, 6.45) is 2.57. The smallest absolute Gasteiger partial charge is 0.287 e. The van der Waals surface area contributed by atoms with E-state index in [0.717, 1.165) is 30.5 Å². The van der Waals surface area contributed by atoms with Crippen molar-refractivity contribution < 1.29 is 9.21 Å². The normalized spacial score (nSPS) is 17.6. The Morgan fingerprint density at radius 2 is 2.20 bits per heavy atom. The minimum Gasteiger partial charge on any atom is -0.440 e. The van der Waals surface area contributed by atoms with Crippen LogP contribution < -0.4 is 10.9 Å². The van der Waals surface area contributed by atoms with Gasteiger partial charge in [-0.15, -0.1) is 0 Å². The molecule has 0 aromatic carbocycles. The molecule has 1 amide bonds. The zero-order chi connectivity index (χ0) is 14.1. The topological polar surface area (TPSA) is 75.1 Å². The number of hydrogen-bond donors (Lipinski definition) is 2. The standard InChI is InChI=1S/C14H13ClN2O3/c15-12-6-5-11(20-12)14(19)17-10-3-1-2-9-8(10)4-7-13(18)16-9/h4-7,10H,1-3H2,(H,16,18)(H,17,19)/t10-/m0/s1. The van der Waals surface area contributed by atoms with E-state index in [1.165, 1.54) is 18.2 Å². The molecule has 6 heteroatoms. The number of carbonyl (C=O) groups is 1. The van der Waals surface area contributed by atoms with Crippen molar-refractivity contribution >= 4 is 17.5 Å². The van der Waals surface area contributed by atoms with Gasteiger partial charge in [0.25, 0.3) is 5.91 Å². The van der Waals surface area contributed by atoms with Crippen LogP contribution in [0.4, 0.5) is 0 Å². The number of pyridine rings is 1. The summed E-state index contributed by atoms with van der Waals surface area (Å²) < 4.78 is 5.09. The number of hydrogen-bond acceptors (Lipinski definition) is 3. The van der Waals surface area contributed by atoms with Crippen LogP contribution in [0.1, 0.15) is 40.7 Å². The lowest BCUT2D eigenvalue weighted by atomic mass is 9.91. The lowest BCUT2D eigenvalue weighted by Crippen LogP contribution is -2.31. The van der Waals surface area contributed by atoms with Crippen molar-refractivity contribution in [3.63, 3.8) is 0 Å². The minimum absolute atomic E-state index is 0.117. The summed E-state index contributed by atoms with van der Waals surface area (Å²) in [6.45, 7) is 0. The molecule has 0 fully saturated rings. The number of aryl methyl sites for hydroxylation is 1. The Balaban J connectivity index is 1.83. The van der Waals surface area contributed by atoms with Gasteiger partial charge in [-0.1, -0.05) is 0 Å². The van der Waals surface area contributed by atoms with E-state index in [1.54, 1.807) is 6.07 Å². The zero-order valence-electron chi connectivity index (χ0n) is 10.6. The second-order valence-corrected chi connectivity index (χ2v) is 5.15. The van der Waals surface area contributed by atoms with Crippen molar-refractivity contribution in [2.24, 2.45) is 0 Å². The number of amides is 1. The van der Waals surface area contributed by atoms with Crippen molar-refractivity contribution in [3.8, 4) is 0 Å². The van der Waals surface area contributed by atoms with E-state index in [2.05, 4.69) is 10.3 Å². The Morgan fingerprint density at radius 1 is 1.35 bits per heavy atom. The fourth-order valence-corrected chi connectivity index (χ4v) is 2.66. The predicted molar refractivity (Wildman–Crippen MR) is 73.9 cm³/mol. The number of furan rings is 1. The average Bonchev–Trinajstić information content (AvgIpc) is 2.85. The van der Waals surface area contributed by atoms with Crippen LogP contribution in [0.3, 0.4) is 0 Å². The molecule has 1 atom stereocenters. The van der Waals surface area contributed by atoms with Gasteiger partial charge in [-0.2, -0.15) is 0 Å². The van der Waals surface area contributed by atoms with Crippen LogP contribution in [0.5, 0.6) is 0 Å². The van der Waals surface area contributed by atoms with Gasteiger partial charge in [0.05, 0.1) is 6.04 Å². The highest BCUT2D eigenvalue weighted by atomic mass is 35.5. The van der Waals surface area contributed by atoms with Gasteiger partial charge in [0.15, 0.2) is 11.0 Å². The maximum atomic E-state index is 12.1. The van der Waals surface area contributed by atoms with E-state index in [4.69, 9.17) is 16.0 Å². The van der Waals surface area contributed by atoms with Crippen molar-refractivity contribution in [3.05, 3.63) is 56.9 Å². The molecule has 1 aliphatic carbocycles.